The summed E-state index contributed by atoms with van der Waals surface area (Å²) in [7, 11) is 0. The number of fused-ring (bicyclic) bond motifs is 1. The number of nitrogens with zero attached hydrogens (tertiary/aromatic N) is 4. The molecule has 0 radical (unpaired) electrons. The number of nitrogens with two attached hydrogens (primary N) is 1. The summed E-state index contributed by atoms with van der Waals surface area (Å²) in [6.07, 6.45) is 5.29. The third kappa shape index (κ3) is 2.51. The number of carbonyl (C=O) groups is 1. The number of piperazine rings is 1. The maximum Gasteiger partial charge on any atom is 0.254 e. The summed E-state index contributed by atoms with van der Waals surface area (Å²) in [5, 5.41) is 0.980. The average Bonchev–Trinajstić information content (AvgIpc) is 3.25. The molecule has 2 aliphatic rings. The van der Waals surface area contributed by atoms with Gasteiger partial charge in [0.2, 0.25) is 0 Å². The van der Waals surface area contributed by atoms with Crippen LogP contribution in [0, 0.1) is 5.82 Å². The molecule has 0 bridgehead atoms. The number of hydrogen-bond donors (Lipinski definition) is 2. The van der Waals surface area contributed by atoms with Gasteiger partial charge in [-0.2, -0.15) is 0 Å². The molecule has 0 atom stereocenters. The van der Waals surface area contributed by atoms with E-state index in [1.165, 1.54) is 12.1 Å². The molecule has 1 aliphatic carbocycles. The Labute approximate surface area is 155 Å². The number of halogens is 1. The van der Waals surface area contributed by atoms with Gasteiger partial charge in [-0.1, -0.05) is 0 Å². The van der Waals surface area contributed by atoms with Crippen LogP contribution < -0.4 is 10.6 Å². The van der Waals surface area contributed by atoms with E-state index in [-0.39, 0.29) is 17.1 Å². The lowest BCUT2D eigenvalue weighted by Crippen LogP contribution is -2.57. The van der Waals surface area contributed by atoms with Crippen molar-refractivity contribution in [1.82, 2.24) is 19.9 Å². The fourth-order valence-corrected chi connectivity index (χ4v) is 3.97. The first-order valence-corrected chi connectivity index (χ1v) is 8.97. The highest BCUT2D eigenvalue weighted by Gasteiger charge is 2.53. The number of nitrogen functional groups attached to an aromatic ring is 1. The highest BCUT2D eigenvalue weighted by Crippen LogP contribution is 2.46. The van der Waals surface area contributed by atoms with Gasteiger partial charge in [-0.3, -0.25) is 4.79 Å². The molecule has 138 valence electrons. The Balaban J connectivity index is 1.42. The summed E-state index contributed by atoms with van der Waals surface area (Å²) in [6, 6.07) is 6.24. The summed E-state index contributed by atoms with van der Waals surface area (Å²) in [6.45, 7) is 1.95. The van der Waals surface area contributed by atoms with Gasteiger partial charge in [0, 0.05) is 31.4 Å². The second-order valence-electron chi connectivity index (χ2n) is 7.28. The molecule has 1 saturated heterocycles. The Hall–Kier alpha value is -3.16. The highest BCUT2D eigenvalue weighted by molar-refractivity contribution is 5.96. The third-order valence-corrected chi connectivity index (χ3v) is 5.60. The number of H-pyrrole nitrogens is 1. The van der Waals surface area contributed by atoms with Crippen molar-refractivity contribution < 1.29 is 9.18 Å². The van der Waals surface area contributed by atoms with E-state index in [4.69, 9.17) is 5.73 Å². The number of anilines is 2. The molecule has 8 heteroatoms. The molecule has 1 spiro atoms. The van der Waals surface area contributed by atoms with Crippen molar-refractivity contribution in [3.8, 4) is 0 Å². The van der Waals surface area contributed by atoms with Gasteiger partial charge in [-0.05, 0) is 37.1 Å². The molecule has 1 amide bonds. The zero-order valence-corrected chi connectivity index (χ0v) is 14.7. The molecule has 1 saturated carbocycles. The van der Waals surface area contributed by atoms with Crippen molar-refractivity contribution in [2.75, 3.05) is 30.3 Å². The minimum atomic E-state index is -0.555. The topological polar surface area (TPSA) is 91.1 Å². The van der Waals surface area contributed by atoms with Crippen molar-refractivity contribution >= 4 is 28.4 Å². The maximum atomic E-state index is 13.8. The monoisotopic (exact) mass is 366 g/mol. The lowest BCUT2D eigenvalue weighted by atomic mass is 10.1. The minimum Gasteiger partial charge on any atom is -0.396 e. The second kappa shape index (κ2) is 5.67. The van der Waals surface area contributed by atoms with E-state index in [0.717, 1.165) is 29.7 Å². The van der Waals surface area contributed by atoms with Crippen LogP contribution in [-0.2, 0) is 0 Å². The standard InChI is InChI=1S/C19H19FN6O/c20-14-9-12(1-2-15(14)21)18(27)26-8-7-25(10-19(26)4-5-19)17-13-3-6-22-16(13)23-11-24-17/h1-3,6,9,11H,4-5,7-8,10,21H2,(H,22,23,24). The molecule has 0 unspecified atom stereocenters. The van der Waals surface area contributed by atoms with Gasteiger partial charge >= 0.3 is 0 Å². The quantitative estimate of drug-likeness (QED) is 0.679. The summed E-state index contributed by atoms with van der Waals surface area (Å²) >= 11 is 0. The van der Waals surface area contributed by atoms with Crippen molar-refractivity contribution in [2.45, 2.75) is 18.4 Å². The van der Waals surface area contributed by atoms with Crippen molar-refractivity contribution in [3.63, 3.8) is 0 Å². The minimum absolute atomic E-state index is 0.0526. The first-order chi connectivity index (χ1) is 13.1. The predicted molar refractivity (Wildman–Crippen MR) is 99.9 cm³/mol. The van der Waals surface area contributed by atoms with E-state index in [1.807, 2.05) is 17.2 Å². The van der Waals surface area contributed by atoms with Gasteiger partial charge < -0.3 is 20.5 Å². The van der Waals surface area contributed by atoms with Crippen LogP contribution in [0.3, 0.4) is 0 Å². The number of benzene rings is 1. The van der Waals surface area contributed by atoms with Crippen molar-refractivity contribution in [3.05, 3.63) is 48.2 Å². The number of hydrogen-bond acceptors (Lipinski definition) is 5. The van der Waals surface area contributed by atoms with Gasteiger partial charge in [-0.15, -0.1) is 0 Å². The third-order valence-electron chi connectivity index (χ3n) is 5.60. The van der Waals surface area contributed by atoms with E-state index in [9.17, 15) is 9.18 Å². The molecular weight excluding hydrogens is 347 g/mol. The molecule has 2 fully saturated rings. The van der Waals surface area contributed by atoms with Crippen LogP contribution in [0.2, 0.25) is 0 Å². The largest absolute Gasteiger partial charge is 0.396 e. The number of nitrogens with one attached hydrogen (secondary N) is 1. The maximum absolute atomic E-state index is 13.8. The molecule has 27 heavy (non-hydrogen) atoms. The van der Waals surface area contributed by atoms with E-state index < -0.39 is 5.82 Å². The Morgan fingerprint density at radius 1 is 1.22 bits per heavy atom. The average molecular weight is 366 g/mol. The number of aromatic amines is 1. The Morgan fingerprint density at radius 2 is 2.07 bits per heavy atom. The summed E-state index contributed by atoms with van der Waals surface area (Å²) in [5.41, 5.74) is 6.53. The lowest BCUT2D eigenvalue weighted by Gasteiger charge is -2.42. The number of aromatic nitrogens is 3. The zero-order valence-electron chi connectivity index (χ0n) is 14.7. The molecule has 1 aromatic carbocycles. The van der Waals surface area contributed by atoms with Crippen molar-refractivity contribution in [1.29, 1.82) is 0 Å². The van der Waals surface area contributed by atoms with Crippen molar-refractivity contribution in [2.24, 2.45) is 0 Å². The fourth-order valence-electron chi connectivity index (χ4n) is 3.97. The Bertz CT molecular complexity index is 1040. The highest BCUT2D eigenvalue weighted by atomic mass is 19.1. The number of amides is 1. The molecule has 2 aromatic heterocycles. The number of carbonyl (C=O) groups excluding carboxylic acids is 1. The van der Waals surface area contributed by atoms with Crippen LogP contribution in [0.5, 0.6) is 0 Å². The summed E-state index contributed by atoms with van der Waals surface area (Å²) in [4.78, 5) is 28.9. The van der Waals surface area contributed by atoms with Crippen LogP contribution in [0.4, 0.5) is 15.9 Å². The smallest absolute Gasteiger partial charge is 0.254 e. The molecule has 3 heterocycles. The molecule has 5 rings (SSSR count). The Kier molecular flexibility index (Phi) is 3.37. The van der Waals surface area contributed by atoms with Gasteiger partial charge in [0.05, 0.1) is 16.6 Å². The van der Waals surface area contributed by atoms with E-state index in [2.05, 4.69) is 19.9 Å². The molecule has 7 nitrogen and oxygen atoms in total. The first-order valence-electron chi connectivity index (χ1n) is 8.97. The van der Waals surface area contributed by atoms with E-state index in [0.29, 0.717) is 25.2 Å². The second-order valence-corrected chi connectivity index (χ2v) is 7.28. The predicted octanol–water partition coefficient (Wildman–Crippen LogP) is 2.17. The first kappa shape index (κ1) is 16.0. The van der Waals surface area contributed by atoms with Crippen LogP contribution in [0.15, 0.2) is 36.8 Å². The molecular formula is C19H19FN6O. The van der Waals surface area contributed by atoms with Gasteiger partial charge in [0.25, 0.3) is 5.91 Å². The van der Waals surface area contributed by atoms with Gasteiger partial charge in [0.1, 0.15) is 23.6 Å². The van der Waals surface area contributed by atoms with Gasteiger partial charge in [0.15, 0.2) is 0 Å². The zero-order chi connectivity index (χ0) is 18.6. The van der Waals surface area contributed by atoms with E-state index in [1.54, 1.807) is 12.4 Å². The number of rotatable bonds is 2. The lowest BCUT2D eigenvalue weighted by molar-refractivity contribution is 0.0624. The SMILES string of the molecule is Nc1ccc(C(=O)N2CCN(c3ncnc4[nH]ccc34)CC23CC3)cc1F. The molecule has 3 aromatic rings. The van der Waals surface area contributed by atoms with Crippen LogP contribution in [0.1, 0.15) is 23.2 Å². The van der Waals surface area contributed by atoms with Crippen LogP contribution in [-0.4, -0.2) is 50.9 Å². The Morgan fingerprint density at radius 3 is 2.85 bits per heavy atom. The summed E-state index contributed by atoms with van der Waals surface area (Å²) < 4.78 is 13.8. The van der Waals surface area contributed by atoms with E-state index >= 15 is 0 Å². The normalized spacial score (nSPS) is 18.3. The van der Waals surface area contributed by atoms with Crippen LogP contribution in [0.25, 0.3) is 11.0 Å². The fraction of sp³-hybridized carbons (Fsp3) is 0.316. The van der Waals surface area contributed by atoms with Crippen LogP contribution >= 0.6 is 0 Å². The molecule has 3 N–H and O–H groups in total. The molecule has 1 aliphatic heterocycles. The summed E-state index contributed by atoms with van der Waals surface area (Å²) in [5.74, 6) is 0.193. The van der Waals surface area contributed by atoms with Gasteiger partial charge in [-0.25, -0.2) is 14.4 Å².